The average Bonchev–Trinajstić information content (AvgIpc) is 2.45. The molecule has 2 heterocycles. The van der Waals surface area contributed by atoms with Gasteiger partial charge in [0.1, 0.15) is 23.6 Å². The molecule has 0 spiro atoms. The van der Waals surface area contributed by atoms with Gasteiger partial charge in [-0.1, -0.05) is 0 Å². The highest BCUT2D eigenvalue weighted by molar-refractivity contribution is 5.55. The molecule has 0 aromatic carbocycles. The van der Waals surface area contributed by atoms with E-state index in [1.165, 1.54) is 6.07 Å². The molecular weight excluding hydrogens is 252 g/mol. The Hall–Kier alpha value is -2.24. The second-order valence-corrected chi connectivity index (χ2v) is 3.91. The summed E-state index contributed by atoms with van der Waals surface area (Å²) in [6.07, 6.45) is 0.999. The van der Waals surface area contributed by atoms with Gasteiger partial charge in [-0.05, 0) is 0 Å². The molecule has 2 rings (SSSR count). The maximum atomic E-state index is 10.6. The number of ether oxygens (including phenoxy) is 2. The minimum absolute atomic E-state index is 0.114. The smallest absolute Gasteiger partial charge is 0.289 e. The molecule has 1 fully saturated rings. The maximum Gasteiger partial charge on any atom is 0.289 e. The van der Waals surface area contributed by atoms with Crippen molar-refractivity contribution in [3.8, 4) is 6.07 Å². The summed E-state index contributed by atoms with van der Waals surface area (Å²) in [5, 5.41) is 22.5. The summed E-state index contributed by atoms with van der Waals surface area (Å²) in [6, 6.07) is 3.07. The van der Waals surface area contributed by atoms with Crippen molar-refractivity contribution in [2.75, 3.05) is 31.7 Å². The number of nitriles is 1. The SMILES string of the molecule is N#Cc1cc([N+](=O)[O-])cnc1NCC1COCCO1. The molecule has 0 radical (unpaired) electrons. The lowest BCUT2D eigenvalue weighted by atomic mass is 10.2. The molecule has 0 aliphatic carbocycles. The maximum absolute atomic E-state index is 10.6. The van der Waals surface area contributed by atoms with E-state index in [1.54, 1.807) is 0 Å². The number of anilines is 1. The summed E-state index contributed by atoms with van der Waals surface area (Å²) in [5.41, 5.74) is -0.0784. The lowest BCUT2D eigenvalue weighted by Crippen LogP contribution is -2.34. The first-order chi connectivity index (χ1) is 9.20. The number of aromatic nitrogens is 1. The zero-order valence-corrected chi connectivity index (χ0v) is 10.0. The number of rotatable bonds is 4. The average molecular weight is 264 g/mol. The molecule has 1 saturated heterocycles. The zero-order chi connectivity index (χ0) is 13.7. The Morgan fingerprint density at radius 1 is 1.63 bits per heavy atom. The minimum Gasteiger partial charge on any atom is -0.376 e. The van der Waals surface area contributed by atoms with Gasteiger partial charge in [0, 0.05) is 12.6 Å². The molecule has 1 aliphatic rings. The predicted octanol–water partition coefficient (Wildman–Crippen LogP) is 0.689. The van der Waals surface area contributed by atoms with E-state index < -0.39 is 4.92 Å². The third kappa shape index (κ3) is 3.37. The van der Waals surface area contributed by atoms with Crippen LogP contribution < -0.4 is 5.32 Å². The first-order valence-corrected chi connectivity index (χ1v) is 5.68. The molecule has 1 aliphatic heterocycles. The molecule has 1 unspecified atom stereocenters. The van der Waals surface area contributed by atoms with Crippen LogP contribution in [-0.4, -0.2) is 42.4 Å². The number of nitro groups is 1. The Kier molecular flexibility index (Phi) is 4.22. The van der Waals surface area contributed by atoms with Crippen LogP contribution in [0.15, 0.2) is 12.3 Å². The van der Waals surface area contributed by atoms with Gasteiger partial charge in [-0.15, -0.1) is 0 Å². The third-order valence-electron chi connectivity index (χ3n) is 2.59. The van der Waals surface area contributed by atoms with Gasteiger partial charge in [0.05, 0.1) is 30.8 Å². The number of nitrogens with zero attached hydrogens (tertiary/aromatic N) is 3. The van der Waals surface area contributed by atoms with Gasteiger partial charge < -0.3 is 14.8 Å². The molecule has 0 saturated carbocycles. The highest BCUT2D eigenvalue weighted by Crippen LogP contribution is 2.18. The van der Waals surface area contributed by atoms with E-state index in [-0.39, 0.29) is 17.4 Å². The van der Waals surface area contributed by atoms with E-state index in [0.717, 1.165) is 6.20 Å². The van der Waals surface area contributed by atoms with E-state index in [4.69, 9.17) is 14.7 Å². The van der Waals surface area contributed by atoms with Crippen LogP contribution in [0.1, 0.15) is 5.56 Å². The van der Waals surface area contributed by atoms with Gasteiger partial charge in [0.2, 0.25) is 0 Å². The number of hydrogen-bond donors (Lipinski definition) is 1. The van der Waals surface area contributed by atoms with Crippen molar-refractivity contribution >= 4 is 11.5 Å². The van der Waals surface area contributed by atoms with E-state index in [2.05, 4.69) is 10.3 Å². The van der Waals surface area contributed by atoms with Crippen LogP contribution in [-0.2, 0) is 9.47 Å². The first-order valence-electron chi connectivity index (χ1n) is 5.68. The molecule has 8 nitrogen and oxygen atoms in total. The van der Waals surface area contributed by atoms with Gasteiger partial charge in [-0.2, -0.15) is 5.26 Å². The molecule has 1 atom stereocenters. The van der Waals surface area contributed by atoms with E-state index in [9.17, 15) is 10.1 Å². The first kappa shape index (κ1) is 13.2. The molecule has 0 bridgehead atoms. The van der Waals surface area contributed by atoms with Crippen LogP contribution in [0.25, 0.3) is 0 Å². The largest absolute Gasteiger partial charge is 0.376 e. The quantitative estimate of drug-likeness (QED) is 0.629. The van der Waals surface area contributed by atoms with Crippen LogP contribution in [0.3, 0.4) is 0 Å². The Morgan fingerprint density at radius 3 is 3.11 bits per heavy atom. The Balaban J connectivity index is 2.03. The highest BCUT2D eigenvalue weighted by Gasteiger charge is 2.16. The van der Waals surface area contributed by atoms with Crippen LogP contribution in [0.2, 0.25) is 0 Å². The molecule has 19 heavy (non-hydrogen) atoms. The van der Waals surface area contributed by atoms with E-state index in [1.807, 2.05) is 6.07 Å². The topological polar surface area (TPSA) is 110 Å². The van der Waals surface area contributed by atoms with Crippen LogP contribution in [0, 0.1) is 21.4 Å². The highest BCUT2D eigenvalue weighted by atomic mass is 16.6. The van der Waals surface area contributed by atoms with Gasteiger partial charge in [-0.3, -0.25) is 10.1 Å². The van der Waals surface area contributed by atoms with Gasteiger partial charge in [-0.25, -0.2) is 4.98 Å². The Labute approximate surface area is 109 Å². The van der Waals surface area contributed by atoms with Crippen LogP contribution in [0.5, 0.6) is 0 Å². The summed E-state index contributed by atoms with van der Waals surface area (Å²) in [5.74, 6) is 0.308. The molecule has 100 valence electrons. The number of hydrogen-bond acceptors (Lipinski definition) is 7. The Morgan fingerprint density at radius 2 is 2.47 bits per heavy atom. The van der Waals surface area contributed by atoms with Crippen LogP contribution in [0.4, 0.5) is 11.5 Å². The lowest BCUT2D eigenvalue weighted by molar-refractivity contribution is -0.385. The number of nitrogens with one attached hydrogen (secondary N) is 1. The van der Waals surface area contributed by atoms with Crippen molar-refractivity contribution in [3.63, 3.8) is 0 Å². The predicted molar refractivity (Wildman–Crippen MR) is 64.7 cm³/mol. The zero-order valence-electron chi connectivity index (χ0n) is 10.0. The molecule has 8 heteroatoms. The summed E-state index contributed by atoms with van der Waals surface area (Å²) in [4.78, 5) is 13.9. The fraction of sp³-hybridized carbons (Fsp3) is 0.455. The second kappa shape index (κ2) is 6.08. The van der Waals surface area contributed by atoms with Crippen molar-refractivity contribution in [2.45, 2.75) is 6.10 Å². The second-order valence-electron chi connectivity index (χ2n) is 3.91. The molecular formula is C11H12N4O4. The van der Waals surface area contributed by atoms with Crippen LogP contribution >= 0.6 is 0 Å². The van der Waals surface area contributed by atoms with E-state index >= 15 is 0 Å². The standard InChI is InChI=1S/C11H12N4O4/c12-4-8-3-9(15(16)17)5-13-11(8)14-6-10-7-18-1-2-19-10/h3,5,10H,1-2,6-7H2,(H,13,14). The normalized spacial score (nSPS) is 18.6. The lowest BCUT2D eigenvalue weighted by Gasteiger charge is -2.23. The Bertz CT molecular complexity index is 508. The summed E-state index contributed by atoms with van der Waals surface area (Å²) in [7, 11) is 0. The van der Waals surface area contributed by atoms with Crippen molar-refractivity contribution in [1.29, 1.82) is 5.26 Å². The molecule has 1 aromatic heterocycles. The third-order valence-corrected chi connectivity index (χ3v) is 2.59. The number of pyridine rings is 1. The summed E-state index contributed by atoms with van der Waals surface area (Å²) in [6.45, 7) is 2.02. The van der Waals surface area contributed by atoms with Gasteiger partial charge in [0.15, 0.2) is 0 Å². The monoisotopic (exact) mass is 264 g/mol. The molecule has 1 N–H and O–H groups in total. The molecule has 0 amide bonds. The van der Waals surface area contributed by atoms with E-state index in [0.29, 0.717) is 32.2 Å². The van der Waals surface area contributed by atoms with Crippen molar-refractivity contribution in [1.82, 2.24) is 4.98 Å². The fourth-order valence-corrected chi connectivity index (χ4v) is 1.64. The summed E-state index contributed by atoms with van der Waals surface area (Å²) < 4.78 is 10.7. The fourth-order valence-electron chi connectivity index (χ4n) is 1.64. The van der Waals surface area contributed by atoms with Crippen molar-refractivity contribution < 1.29 is 14.4 Å². The van der Waals surface area contributed by atoms with Gasteiger partial charge in [0.25, 0.3) is 5.69 Å². The van der Waals surface area contributed by atoms with Crippen molar-refractivity contribution in [2.24, 2.45) is 0 Å². The van der Waals surface area contributed by atoms with Crippen molar-refractivity contribution in [3.05, 3.63) is 27.9 Å². The van der Waals surface area contributed by atoms with Gasteiger partial charge >= 0.3 is 0 Å². The molecule has 1 aromatic rings. The summed E-state index contributed by atoms with van der Waals surface area (Å²) >= 11 is 0. The minimum atomic E-state index is -0.588.